The molecule has 0 saturated heterocycles. The van der Waals surface area contributed by atoms with Gasteiger partial charge in [-0.2, -0.15) is 0 Å². The van der Waals surface area contributed by atoms with Crippen LogP contribution in [0.25, 0.3) is 21.5 Å². The third-order valence-electron chi connectivity index (χ3n) is 8.03. The number of halogens is 3. The van der Waals surface area contributed by atoms with E-state index in [1.54, 1.807) is 12.1 Å². The molecule has 52 heavy (non-hydrogen) atoms. The molecular formula is C47H45BrCl2N2. The smallest absolute Gasteiger partial charge is 0.0406 e. The molecule has 0 saturated carbocycles. The second-order valence-corrected chi connectivity index (χ2v) is 13.0. The number of benzene rings is 6. The first-order chi connectivity index (χ1) is 24.9. The van der Waals surface area contributed by atoms with Gasteiger partial charge in [-0.1, -0.05) is 161 Å². The van der Waals surface area contributed by atoms with Gasteiger partial charge in [-0.3, -0.25) is 0 Å². The quantitative estimate of drug-likeness (QED) is 0.150. The van der Waals surface area contributed by atoms with Crippen LogP contribution in [0.2, 0.25) is 10.0 Å². The van der Waals surface area contributed by atoms with Crippen molar-refractivity contribution >= 4 is 60.7 Å². The Labute approximate surface area is 329 Å². The Bertz CT molecular complexity index is 2130. The van der Waals surface area contributed by atoms with Crippen LogP contribution < -0.4 is 10.6 Å². The van der Waals surface area contributed by atoms with Crippen LogP contribution in [-0.2, 0) is 0 Å². The van der Waals surface area contributed by atoms with Gasteiger partial charge in [-0.25, -0.2) is 0 Å². The third kappa shape index (κ3) is 13.5. The molecule has 0 aliphatic heterocycles. The molecule has 2 atom stereocenters. The fraction of sp³-hybridized carbons (Fsp3) is 0.149. The molecule has 0 fully saturated rings. The lowest BCUT2D eigenvalue weighted by molar-refractivity contribution is 0.621. The standard InChI is InChI=1S/C23H20ClN.C15H16BrN.C8H5Cl.CH4/c1-18(22-12-7-10-20-9-4-5-11-23(20)22)25-17-6-2-3-8-19-13-15-21(24)16-14-19;1-12(17-11-5-10-16)14-9-4-7-13-6-2-3-8-15(13)14;1-2-7-3-5-8(9)6-4-7;/h2,4-7,9-16,18,25H,17H2,1H3;2-10,12,17H,11H2,1H3;1,3-6H;1H4/b6-2+;10-5+;;/t18-;12-;;/m11../s1. The van der Waals surface area contributed by atoms with Gasteiger partial charge in [0.05, 0.1) is 0 Å². The van der Waals surface area contributed by atoms with Crippen LogP contribution >= 0.6 is 39.1 Å². The predicted molar refractivity (Wildman–Crippen MR) is 232 cm³/mol. The minimum Gasteiger partial charge on any atom is -0.307 e. The molecule has 0 aromatic heterocycles. The van der Waals surface area contributed by atoms with E-state index >= 15 is 0 Å². The van der Waals surface area contributed by atoms with E-state index in [-0.39, 0.29) is 13.5 Å². The van der Waals surface area contributed by atoms with Gasteiger partial charge in [-0.15, -0.1) is 6.42 Å². The van der Waals surface area contributed by atoms with E-state index < -0.39 is 0 Å². The van der Waals surface area contributed by atoms with Gasteiger partial charge in [0.2, 0.25) is 0 Å². The molecule has 5 heteroatoms. The first kappa shape index (κ1) is 41.8. The van der Waals surface area contributed by atoms with Gasteiger partial charge >= 0.3 is 0 Å². The number of hydrogen-bond acceptors (Lipinski definition) is 2. The van der Waals surface area contributed by atoms with Crippen LogP contribution in [0.5, 0.6) is 0 Å². The fourth-order valence-electron chi connectivity index (χ4n) is 5.33. The van der Waals surface area contributed by atoms with Crippen molar-refractivity contribution in [2.24, 2.45) is 0 Å². The number of nitrogens with one attached hydrogen (secondary N) is 2. The lowest BCUT2D eigenvalue weighted by atomic mass is 10.00. The van der Waals surface area contributed by atoms with Crippen molar-refractivity contribution in [1.82, 2.24) is 10.6 Å². The maximum Gasteiger partial charge on any atom is 0.0406 e. The van der Waals surface area contributed by atoms with Crippen LogP contribution in [0.4, 0.5) is 0 Å². The summed E-state index contributed by atoms with van der Waals surface area (Å²) in [6.07, 6.45) is 11.1. The van der Waals surface area contributed by atoms with Crippen molar-refractivity contribution in [3.63, 3.8) is 0 Å². The Balaban J connectivity index is 0.000000233. The topological polar surface area (TPSA) is 24.1 Å². The highest BCUT2D eigenvalue weighted by Gasteiger charge is 2.08. The summed E-state index contributed by atoms with van der Waals surface area (Å²) in [5, 5.41) is 13.7. The molecule has 0 aliphatic carbocycles. The van der Waals surface area contributed by atoms with Crippen molar-refractivity contribution in [3.8, 4) is 24.2 Å². The maximum atomic E-state index is 5.86. The lowest BCUT2D eigenvalue weighted by Gasteiger charge is -2.15. The first-order valence-electron chi connectivity index (χ1n) is 16.7. The third-order valence-corrected chi connectivity index (χ3v) is 8.90. The summed E-state index contributed by atoms with van der Waals surface area (Å²) in [6.45, 7) is 6.04. The van der Waals surface area contributed by atoms with Crippen LogP contribution in [0, 0.1) is 24.2 Å². The summed E-state index contributed by atoms with van der Waals surface area (Å²) in [5.41, 5.74) is 4.50. The van der Waals surface area contributed by atoms with E-state index in [0.29, 0.717) is 11.1 Å². The largest absolute Gasteiger partial charge is 0.307 e. The highest BCUT2D eigenvalue weighted by molar-refractivity contribution is 9.11. The van der Waals surface area contributed by atoms with Gasteiger partial charge in [0.25, 0.3) is 0 Å². The molecule has 0 amide bonds. The minimum atomic E-state index is 0. The summed E-state index contributed by atoms with van der Waals surface area (Å²) in [7, 11) is 0. The molecule has 0 radical (unpaired) electrons. The van der Waals surface area contributed by atoms with E-state index in [4.69, 9.17) is 29.6 Å². The molecule has 2 nitrogen and oxygen atoms in total. The SMILES string of the molecule is C.C#Cc1ccc(Cl)cc1.C[C@@H](NC/C=C/Br)c1cccc2ccccc12.C[C@@H](NC/C=C/C#Cc1ccc(Cl)cc1)c1cccc2ccccc12. The summed E-state index contributed by atoms with van der Waals surface area (Å²) in [4.78, 5) is 1.88. The zero-order valence-corrected chi connectivity index (χ0v) is 31.9. The van der Waals surface area contributed by atoms with E-state index in [0.717, 1.165) is 29.2 Å². The second kappa shape index (κ2) is 23.1. The van der Waals surface area contributed by atoms with Crippen molar-refractivity contribution in [2.45, 2.75) is 33.4 Å². The molecular weight excluding hydrogens is 743 g/mol. The Kier molecular flexibility index (Phi) is 18.6. The number of rotatable bonds is 8. The fourth-order valence-corrected chi connectivity index (χ4v) is 5.77. The van der Waals surface area contributed by atoms with Gasteiger partial charge < -0.3 is 10.6 Å². The van der Waals surface area contributed by atoms with Crippen LogP contribution in [-0.4, -0.2) is 13.1 Å². The summed E-state index contributed by atoms with van der Waals surface area (Å²) < 4.78 is 0. The molecule has 2 N–H and O–H groups in total. The monoisotopic (exact) mass is 786 g/mol. The average Bonchev–Trinajstić information content (AvgIpc) is 3.17. The summed E-state index contributed by atoms with van der Waals surface area (Å²) >= 11 is 14.7. The zero-order valence-electron chi connectivity index (χ0n) is 28.8. The van der Waals surface area contributed by atoms with E-state index in [1.165, 1.54) is 32.7 Å². The van der Waals surface area contributed by atoms with Crippen LogP contribution in [0.3, 0.4) is 0 Å². The second-order valence-electron chi connectivity index (χ2n) is 11.6. The van der Waals surface area contributed by atoms with Gasteiger partial charge in [0, 0.05) is 46.3 Å². The molecule has 0 heterocycles. The van der Waals surface area contributed by atoms with Crippen molar-refractivity contribution in [2.75, 3.05) is 13.1 Å². The zero-order chi connectivity index (χ0) is 36.3. The minimum absolute atomic E-state index is 0. The predicted octanol–water partition coefficient (Wildman–Crippen LogP) is 13.1. The molecule has 0 bridgehead atoms. The molecule has 0 aliphatic rings. The van der Waals surface area contributed by atoms with Gasteiger partial charge in [0.15, 0.2) is 0 Å². The van der Waals surface area contributed by atoms with E-state index in [2.05, 4.69) is 149 Å². The van der Waals surface area contributed by atoms with Crippen molar-refractivity contribution < 1.29 is 0 Å². The number of fused-ring (bicyclic) bond motifs is 2. The van der Waals surface area contributed by atoms with Gasteiger partial charge in [-0.05, 0) is 106 Å². The number of terminal acetylenes is 1. The molecule has 6 aromatic rings. The summed E-state index contributed by atoms with van der Waals surface area (Å²) in [5.74, 6) is 8.64. The Morgan fingerprint density at radius 3 is 1.54 bits per heavy atom. The van der Waals surface area contributed by atoms with Crippen LogP contribution in [0.1, 0.15) is 55.6 Å². The highest BCUT2D eigenvalue weighted by atomic mass is 79.9. The normalized spacial score (nSPS) is 11.6. The van der Waals surface area contributed by atoms with E-state index in [1.807, 2.05) is 53.5 Å². The van der Waals surface area contributed by atoms with E-state index in [9.17, 15) is 0 Å². The Morgan fingerprint density at radius 2 is 1.06 bits per heavy atom. The van der Waals surface area contributed by atoms with Crippen molar-refractivity contribution in [1.29, 1.82) is 0 Å². The number of hydrogen-bond donors (Lipinski definition) is 2. The summed E-state index contributed by atoms with van der Waals surface area (Å²) in [6, 6.07) is 45.3. The molecule has 0 spiro atoms. The molecule has 0 unspecified atom stereocenters. The number of allylic oxidation sites excluding steroid dienone is 1. The maximum absolute atomic E-state index is 5.86. The molecule has 6 rings (SSSR count). The lowest BCUT2D eigenvalue weighted by Crippen LogP contribution is -2.18. The molecule has 6 aromatic carbocycles. The van der Waals surface area contributed by atoms with Crippen molar-refractivity contribution in [3.05, 3.63) is 189 Å². The average molecular weight is 789 g/mol. The highest BCUT2D eigenvalue weighted by Crippen LogP contribution is 2.25. The van der Waals surface area contributed by atoms with Crippen LogP contribution in [0.15, 0.2) is 157 Å². The Hall–Kier alpha value is -4.58. The van der Waals surface area contributed by atoms with Gasteiger partial charge in [0.1, 0.15) is 0 Å². The Morgan fingerprint density at radius 1 is 0.615 bits per heavy atom. The first-order valence-corrected chi connectivity index (χ1v) is 18.4. The molecule has 264 valence electrons.